The van der Waals surface area contributed by atoms with Crippen LogP contribution in [0.4, 0.5) is 5.69 Å². The first-order chi connectivity index (χ1) is 10.6. The van der Waals surface area contributed by atoms with Gasteiger partial charge in [-0.15, -0.1) is 0 Å². The fourth-order valence-corrected chi connectivity index (χ4v) is 2.67. The molecule has 2 aromatic rings. The van der Waals surface area contributed by atoms with Gasteiger partial charge in [-0.1, -0.05) is 36.4 Å². The summed E-state index contributed by atoms with van der Waals surface area (Å²) in [5.74, 6) is -0.548. The van der Waals surface area contributed by atoms with Crippen molar-refractivity contribution in [1.82, 2.24) is 0 Å². The molecule has 4 heteroatoms. The maximum Gasteiger partial charge on any atom is 0.331 e. The fourth-order valence-electron chi connectivity index (χ4n) is 2.67. The molecule has 22 heavy (non-hydrogen) atoms. The number of benzene rings is 2. The molecule has 0 spiro atoms. The van der Waals surface area contributed by atoms with Gasteiger partial charge in [0.25, 0.3) is 5.91 Å². The first-order valence-corrected chi connectivity index (χ1v) is 6.90. The summed E-state index contributed by atoms with van der Waals surface area (Å²) in [6.07, 6.45) is 1.43. The third-order valence-corrected chi connectivity index (χ3v) is 3.77. The summed E-state index contributed by atoms with van der Waals surface area (Å²) in [7, 11) is 3.07. The lowest BCUT2D eigenvalue weighted by molar-refractivity contribution is -0.134. The van der Waals surface area contributed by atoms with Gasteiger partial charge in [0.2, 0.25) is 0 Å². The number of fused-ring (bicyclic) bond motifs is 2. The lowest BCUT2D eigenvalue weighted by atomic mass is 9.94. The smallest absolute Gasteiger partial charge is 0.331 e. The Balaban J connectivity index is 2.36. The van der Waals surface area contributed by atoms with Crippen molar-refractivity contribution in [3.8, 4) is 0 Å². The predicted octanol–water partition coefficient (Wildman–Crippen LogP) is 2.88. The Morgan fingerprint density at radius 2 is 1.59 bits per heavy atom. The van der Waals surface area contributed by atoms with Crippen LogP contribution in [0.15, 0.2) is 54.6 Å². The van der Waals surface area contributed by atoms with Crippen molar-refractivity contribution >= 4 is 23.1 Å². The van der Waals surface area contributed by atoms with Crippen LogP contribution in [0, 0.1) is 0 Å². The highest BCUT2D eigenvalue weighted by molar-refractivity contribution is 6.15. The highest BCUT2D eigenvalue weighted by Crippen LogP contribution is 2.37. The number of ether oxygens (including phenoxy) is 1. The molecule has 1 heterocycles. The zero-order valence-corrected chi connectivity index (χ0v) is 12.4. The van der Waals surface area contributed by atoms with Crippen LogP contribution in [-0.2, 0) is 9.53 Å². The summed E-state index contributed by atoms with van der Waals surface area (Å²) < 4.78 is 4.76. The number of rotatable bonds is 1. The molecule has 1 aliphatic heterocycles. The van der Waals surface area contributed by atoms with Gasteiger partial charge in [0.05, 0.1) is 12.8 Å². The molecule has 1 amide bonds. The van der Waals surface area contributed by atoms with Gasteiger partial charge in [0.15, 0.2) is 0 Å². The van der Waals surface area contributed by atoms with Crippen molar-refractivity contribution in [3.63, 3.8) is 0 Å². The Bertz CT molecular complexity index is 792. The number of carbonyl (C=O) groups excluding carboxylic acids is 2. The minimum atomic E-state index is -0.448. The van der Waals surface area contributed by atoms with Gasteiger partial charge in [-0.05, 0) is 23.3 Å². The van der Waals surface area contributed by atoms with Gasteiger partial charge in [0.1, 0.15) is 0 Å². The normalized spacial score (nSPS) is 15.1. The van der Waals surface area contributed by atoms with E-state index in [0.717, 1.165) is 16.8 Å². The second kappa shape index (κ2) is 5.48. The van der Waals surface area contributed by atoms with E-state index in [-0.39, 0.29) is 5.91 Å². The molecule has 0 fully saturated rings. The topological polar surface area (TPSA) is 46.6 Å². The molecule has 0 aliphatic carbocycles. The van der Waals surface area contributed by atoms with Crippen molar-refractivity contribution in [2.24, 2.45) is 0 Å². The Labute approximate surface area is 128 Å². The molecule has 110 valence electrons. The first-order valence-electron chi connectivity index (χ1n) is 6.90. The summed E-state index contributed by atoms with van der Waals surface area (Å²) in [5.41, 5.74) is 3.58. The predicted molar refractivity (Wildman–Crippen MR) is 84.7 cm³/mol. The molecule has 0 unspecified atom stereocenters. The van der Waals surface area contributed by atoms with Gasteiger partial charge in [-0.3, -0.25) is 4.79 Å². The van der Waals surface area contributed by atoms with Crippen LogP contribution in [0.1, 0.15) is 21.5 Å². The lowest BCUT2D eigenvalue weighted by Crippen LogP contribution is -2.25. The maximum absolute atomic E-state index is 12.7. The van der Waals surface area contributed by atoms with Crippen LogP contribution < -0.4 is 4.90 Å². The molecular weight excluding hydrogens is 278 g/mol. The van der Waals surface area contributed by atoms with E-state index in [2.05, 4.69) is 0 Å². The number of amides is 1. The van der Waals surface area contributed by atoms with Crippen molar-refractivity contribution in [2.75, 3.05) is 19.1 Å². The SMILES string of the molecule is COC(=O)/C=C1/c2ccccc2C(=O)N(C)c2ccccc21. The second-order valence-electron chi connectivity index (χ2n) is 5.01. The minimum absolute atomic E-state index is 0.101. The van der Waals surface area contributed by atoms with E-state index in [0.29, 0.717) is 11.1 Å². The highest BCUT2D eigenvalue weighted by atomic mass is 16.5. The van der Waals surface area contributed by atoms with Crippen molar-refractivity contribution in [1.29, 1.82) is 0 Å². The van der Waals surface area contributed by atoms with Gasteiger partial charge in [-0.2, -0.15) is 0 Å². The quantitative estimate of drug-likeness (QED) is 0.600. The molecule has 2 aromatic carbocycles. The van der Waals surface area contributed by atoms with E-state index in [1.54, 1.807) is 18.0 Å². The molecule has 0 saturated heterocycles. The molecule has 0 radical (unpaired) electrons. The number of methoxy groups -OCH3 is 1. The average Bonchev–Trinajstić information content (AvgIpc) is 2.65. The molecule has 0 atom stereocenters. The Morgan fingerprint density at radius 3 is 2.27 bits per heavy atom. The third-order valence-electron chi connectivity index (χ3n) is 3.77. The Kier molecular flexibility index (Phi) is 3.51. The van der Waals surface area contributed by atoms with E-state index < -0.39 is 5.97 Å². The second-order valence-corrected chi connectivity index (χ2v) is 5.01. The number of esters is 1. The van der Waals surface area contributed by atoms with E-state index in [4.69, 9.17) is 4.74 Å². The number of para-hydroxylation sites is 1. The summed E-state index contributed by atoms with van der Waals surface area (Å²) in [6.45, 7) is 0. The van der Waals surface area contributed by atoms with Gasteiger partial charge >= 0.3 is 5.97 Å². The molecule has 0 bridgehead atoms. The molecule has 0 aromatic heterocycles. The summed E-state index contributed by atoms with van der Waals surface area (Å²) >= 11 is 0. The number of carbonyl (C=O) groups is 2. The van der Waals surface area contributed by atoms with Crippen molar-refractivity contribution in [2.45, 2.75) is 0 Å². The van der Waals surface area contributed by atoms with Crippen LogP contribution in [0.5, 0.6) is 0 Å². The molecule has 1 aliphatic rings. The lowest BCUT2D eigenvalue weighted by Gasteiger charge is -2.17. The van der Waals surface area contributed by atoms with Crippen LogP contribution in [0.3, 0.4) is 0 Å². The average molecular weight is 293 g/mol. The number of anilines is 1. The summed E-state index contributed by atoms with van der Waals surface area (Å²) in [4.78, 5) is 26.1. The number of hydrogen-bond donors (Lipinski definition) is 0. The molecule has 0 N–H and O–H groups in total. The Morgan fingerprint density at radius 1 is 1.00 bits per heavy atom. The van der Waals surface area contributed by atoms with E-state index in [1.807, 2.05) is 42.5 Å². The van der Waals surface area contributed by atoms with Crippen LogP contribution in [0.2, 0.25) is 0 Å². The summed E-state index contributed by atoms with van der Waals surface area (Å²) in [6, 6.07) is 14.8. The fraction of sp³-hybridized carbons (Fsp3) is 0.111. The summed E-state index contributed by atoms with van der Waals surface area (Å²) in [5, 5.41) is 0. The monoisotopic (exact) mass is 293 g/mol. The van der Waals surface area contributed by atoms with Gasteiger partial charge in [0, 0.05) is 24.3 Å². The van der Waals surface area contributed by atoms with Crippen LogP contribution >= 0.6 is 0 Å². The first kappa shape index (κ1) is 14.1. The standard InChI is InChI=1S/C18H15NO3/c1-19-16-10-6-5-8-13(16)15(11-17(20)22-2)12-7-3-4-9-14(12)18(19)21/h3-11H,1-2H3/b15-11-. The molecule has 4 nitrogen and oxygen atoms in total. The van der Waals surface area contributed by atoms with Gasteiger partial charge in [-0.25, -0.2) is 4.79 Å². The third kappa shape index (κ3) is 2.19. The largest absolute Gasteiger partial charge is 0.466 e. The van der Waals surface area contributed by atoms with E-state index in [9.17, 15) is 9.59 Å². The Hall–Kier alpha value is -2.88. The van der Waals surface area contributed by atoms with Gasteiger partial charge < -0.3 is 9.64 Å². The molecule has 0 saturated carbocycles. The van der Waals surface area contributed by atoms with Crippen molar-refractivity contribution < 1.29 is 14.3 Å². The van der Waals surface area contributed by atoms with E-state index in [1.165, 1.54) is 13.2 Å². The molecule has 3 rings (SSSR count). The number of nitrogens with zero attached hydrogens (tertiary/aromatic N) is 1. The number of hydrogen-bond acceptors (Lipinski definition) is 3. The highest BCUT2D eigenvalue weighted by Gasteiger charge is 2.27. The molecular formula is C18H15NO3. The minimum Gasteiger partial charge on any atom is -0.466 e. The van der Waals surface area contributed by atoms with Crippen LogP contribution in [0.25, 0.3) is 5.57 Å². The zero-order valence-electron chi connectivity index (χ0n) is 12.4. The zero-order chi connectivity index (χ0) is 15.7. The van der Waals surface area contributed by atoms with Crippen molar-refractivity contribution in [3.05, 3.63) is 71.3 Å². The van der Waals surface area contributed by atoms with Crippen LogP contribution in [-0.4, -0.2) is 26.0 Å². The van der Waals surface area contributed by atoms with E-state index >= 15 is 0 Å². The maximum atomic E-state index is 12.7.